The van der Waals surface area contributed by atoms with Gasteiger partial charge in [0.05, 0.1) is 11.7 Å². The lowest BCUT2D eigenvalue weighted by Gasteiger charge is -2.32. The first-order valence-corrected chi connectivity index (χ1v) is 8.00. The summed E-state index contributed by atoms with van der Waals surface area (Å²) in [4.78, 5) is 34.4. The molecule has 0 bridgehead atoms. The summed E-state index contributed by atoms with van der Waals surface area (Å²) in [5.74, 6) is 0.124. The van der Waals surface area contributed by atoms with Gasteiger partial charge in [-0.3, -0.25) is 19.8 Å². The molecule has 3 heterocycles. The molecular weight excluding hydrogens is 308 g/mol. The van der Waals surface area contributed by atoms with Crippen LogP contribution in [0, 0.1) is 0 Å². The number of carbonyl (C=O) groups excluding carboxylic acids is 1. The Hall–Kier alpha value is -2.61. The first-order valence-electron chi connectivity index (χ1n) is 8.00. The molecule has 1 atom stereocenters. The summed E-state index contributed by atoms with van der Waals surface area (Å²) in [7, 11) is 0. The third kappa shape index (κ3) is 3.33. The van der Waals surface area contributed by atoms with Gasteiger partial charge < -0.3 is 0 Å². The van der Waals surface area contributed by atoms with Crippen molar-refractivity contribution >= 4 is 11.9 Å². The second kappa shape index (κ2) is 6.88. The second-order valence-electron chi connectivity index (χ2n) is 5.73. The van der Waals surface area contributed by atoms with Gasteiger partial charge in [-0.2, -0.15) is 5.10 Å². The number of hydrogen-bond acceptors (Lipinski definition) is 6. The Morgan fingerprint density at radius 3 is 2.83 bits per heavy atom. The van der Waals surface area contributed by atoms with Crippen LogP contribution >= 0.6 is 0 Å². The van der Waals surface area contributed by atoms with E-state index in [0.29, 0.717) is 25.6 Å². The summed E-state index contributed by atoms with van der Waals surface area (Å²) in [6.45, 7) is 5.54. The van der Waals surface area contributed by atoms with Crippen LogP contribution in [-0.4, -0.2) is 43.1 Å². The van der Waals surface area contributed by atoms with Crippen LogP contribution in [0.15, 0.2) is 29.3 Å². The van der Waals surface area contributed by atoms with Crippen LogP contribution in [0.4, 0.5) is 5.95 Å². The summed E-state index contributed by atoms with van der Waals surface area (Å²) in [5.41, 5.74) is 1.73. The number of hydrogen-bond donors (Lipinski definition) is 1. The van der Waals surface area contributed by atoms with Gasteiger partial charge in [-0.1, -0.05) is 0 Å². The van der Waals surface area contributed by atoms with Gasteiger partial charge in [0, 0.05) is 44.5 Å². The lowest BCUT2D eigenvalue weighted by molar-refractivity contribution is -0.121. The zero-order valence-electron chi connectivity index (χ0n) is 13.8. The monoisotopic (exact) mass is 328 g/mol. The summed E-state index contributed by atoms with van der Waals surface area (Å²) < 4.78 is 1.47. The maximum Gasteiger partial charge on any atom is 0.267 e. The van der Waals surface area contributed by atoms with Crippen molar-refractivity contribution in [2.75, 3.05) is 11.9 Å². The molecule has 24 heavy (non-hydrogen) atoms. The molecule has 0 fully saturated rings. The average molecular weight is 328 g/mol. The van der Waals surface area contributed by atoms with Gasteiger partial charge in [0.1, 0.15) is 0 Å². The topological polar surface area (TPSA) is 93.0 Å². The molecule has 2 aromatic heterocycles. The highest BCUT2D eigenvalue weighted by atomic mass is 16.2. The van der Waals surface area contributed by atoms with E-state index in [9.17, 15) is 9.59 Å². The van der Waals surface area contributed by atoms with E-state index in [0.717, 1.165) is 17.7 Å². The van der Waals surface area contributed by atoms with Gasteiger partial charge >= 0.3 is 0 Å². The van der Waals surface area contributed by atoms with Crippen LogP contribution in [0.5, 0.6) is 0 Å². The number of anilines is 1. The maximum absolute atomic E-state index is 12.4. The Balaban J connectivity index is 1.71. The van der Waals surface area contributed by atoms with Gasteiger partial charge in [0.25, 0.3) is 5.56 Å². The Morgan fingerprint density at radius 1 is 1.38 bits per heavy atom. The van der Waals surface area contributed by atoms with E-state index >= 15 is 0 Å². The van der Waals surface area contributed by atoms with Gasteiger partial charge in [-0.15, -0.1) is 0 Å². The normalized spacial score (nSPS) is 15.6. The van der Waals surface area contributed by atoms with Crippen molar-refractivity contribution in [1.29, 1.82) is 0 Å². The Labute approximate surface area is 139 Å². The fourth-order valence-corrected chi connectivity index (χ4v) is 2.76. The molecule has 0 aliphatic carbocycles. The highest BCUT2D eigenvalue weighted by molar-refractivity contribution is 5.93. The predicted molar refractivity (Wildman–Crippen MR) is 88.4 cm³/mol. The molecule has 0 radical (unpaired) electrons. The van der Waals surface area contributed by atoms with Crippen LogP contribution in [0.3, 0.4) is 0 Å². The molecule has 1 aliphatic heterocycles. The van der Waals surface area contributed by atoms with E-state index in [1.807, 2.05) is 18.7 Å². The maximum atomic E-state index is 12.4. The molecule has 8 heteroatoms. The molecule has 8 nitrogen and oxygen atoms in total. The Bertz CT molecular complexity index is 789. The van der Waals surface area contributed by atoms with Crippen LogP contribution in [0.1, 0.15) is 25.1 Å². The summed E-state index contributed by atoms with van der Waals surface area (Å²) >= 11 is 0. The third-order valence-electron chi connectivity index (χ3n) is 4.20. The third-order valence-corrected chi connectivity index (χ3v) is 4.20. The number of amides is 1. The summed E-state index contributed by atoms with van der Waals surface area (Å²) in [6.07, 6.45) is 3.87. The van der Waals surface area contributed by atoms with Crippen LogP contribution in [-0.2, 0) is 24.3 Å². The summed E-state index contributed by atoms with van der Waals surface area (Å²) in [6, 6.07) is 2.97. The number of nitrogens with zero attached hydrogens (tertiary/aromatic N) is 5. The number of fused-ring (bicyclic) bond motifs is 1. The minimum absolute atomic E-state index is 0.104. The second-order valence-corrected chi connectivity index (χ2v) is 5.73. The lowest BCUT2D eigenvalue weighted by atomic mass is 10.0. The molecular formula is C16H20N6O2. The van der Waals surface area contributed by atoms with Crippen molar-refractivity contribution in [2.24, 2.45) is 0 Å². The van der Waals surface area contributed by atoms with Gasteiger partial charge in [-0.05, 0) is 25.5 Å². The predicted octanol–water partition coefficient (Wildman–Crippen LogP) is 0.438. The van der Waals surface area contributed by atoms with E-state index in [-0.39, 0.29) is 17.5 Å². The highest BCUT2D eigenvalue weighted by Gasteiger charge is 2.27. The van der Waals surface area contributed by atoms with Crippen molar-refractivity contribution in [2.45, 2.75) is 39.4 Å². The number of nitrogens with one attached hydrogen (secondary N) is 1. The molecule has 0 unspecified atom stereocenters. The zero-order valence-corrected chi connectivity index (χ0v) is 13.8. The molecule has 126 valence electrons. The lowest BCUT2D eigenvalue weighted by Crippen LogP contribution is -2.45. The number of rotatable bonds is 4. The summed E-state index contributed by atoms with van der Waals surface area (Å²) in [5, 5.41) is 7.10. The molecule has 0 saturated heterocycles. The smallest absolute Gasteiger partial charge is 0.267 e. The zero-order chi connectivity index (χ0) is 17.1. The highest BCUT2D eigenvalue weighted by Crippen LogP contribution is 2.18. The fraction of sp³-hybridized carbons (Fsp3) is 0.438. The molecule has 0 saturated carbocycles. The molecule has 1 N–H and O–H groups in total. The Kier molecular flexibility index (Phi) is 4.66. The Morgan fingerprint density at radius 2 is 2.12 bits per heavy atom. The van der Waals surface area contributed by atoms with Crippen molar-refractivity contribution in [3.8, 4) is 0 Å². The first kappa shape index (κ1) is 16.3. The van der Waals surface area contributed by atoms with Crippen LogP contribution < -0.4 is 10.9 Å². The molecule has 0 aromatic carbocycles. The minimum Gasteiger partial charge on any atom is -0.293 e. The van der Waals surface area contributed by atoms with Crippen molar-refractivity contribution in [3.05, 3.63) is 46.1 Å². The van der Waals surface area contributed by atoms with E-state index in [4.69, 9.17) is 0 Å². The van der Waals surface area contributed by atoms with E-state index in [2.05, 4.69) is 20.4 Å². The van der Waals surface area contributed by atoms with Crippen molar-refractivity contribution < 1.29 is 4.79 Å². The molecule has 0 spiro atoms. The quantitative estimate of drug-likeness (QED) is 0.875. The largest absolute Gasteiger partial charge is 0.293 e. The van der Waals surface area contributed by atoms with Crippen molar-refractivity contribution in [1.82, 2.24) is 24.6 Å². The number of carbonyl (C=O) groups is 1. The fourth-order valence-electron chi connectivity index (χ4n) is 2.76. The first-order chi connectivity index (χ1) is 11.6. The standard InChI is InChI=1S/C16H20N6O2/c1-3-22-14(23)9-12-10-21(8-5-13(12)20-22)11(2)15(24)19-16-17-6-4-7-18-16/h4,6-7,9,11H,3,5,8,10H2,1-2H3,(H,17,18,19,24)/t11-/m0/s1. The van der Waals surface area contributed by atoms with E-state index in [1.54, 1.807) is 24.5 Å². The van der Waals surface area contributed by atoms with Crippen LogP contribution in [0.25, 0.3) is 0 Å². The molecule has 2 aromatic rings. The van der Waals surface area contributed by atoms with Gasteiger partial charge in [0.15, 0.2) is 0 Å². The van der Waals surface area contributed by atoms with Gasteiger partial charge in [0.2, 0.25) is 11.9 Å². The molecule has 1 aliphatic rings. The number of aromatic nitrogens is 4. The van der Waals surface area contributed by atoms with Crippen molar-refractivity contribution in [3.63, 3.8) is 0 Å². The molecule has 1 amide bonds. The van der Waals surface area contributed by atoms with E-state index in [1.165, 1.54) is 4.68 Å². The van der Waals surface area contributed by atoms with E-state index < -0.39 is 0 Å². The van der Waals surface area contributed by atoms with Gasteiger partial charge in [-0.25, -0.2) is 14.6 Å². The SMILES string of the molecule is CCn1nc2c(cc1=O)CN([C@@H](C)C(=O)Nc1ncccn1)CC2. The average Bonchev–Trinajstić information content (AvgIpc) is 2.60. The van der Waals surface area contributed by atoms with Crippen LogP contribution in [0.2, 0.25) is 0 Å². The minimum atomic E-state index is -0.351. The number of aryl methyl sites for hydroxylation is 1. The molecule has 3 rings (SSSR count).